The number of aliphatic hydroxyl groups is 1. The summed E-state index contributed by atoms with van der Waals surface area (Å²) in [6.07, 6.45) is 5.98. The third kappa shape index (κ3) is 3.65. The van der Waals surface area contributed by atoms with Gasteiger partial charge in [-0.3, -0.25) is 4.79 Å². The molecule has 1 N–H and O–H groups in total. The largest absolute Gasteiger partial charge is 0.389 e. The van der Waals surface area contributed by atoms with E-state index in [0.717, 1.165) is 36.0 Å². The molecule has 124 valence electrons. The molecule has 0 unspecified atom stereocenters. The van der Waals surface area contributed by atoms with Crippen molar-refractivity contribution >= 4 is 11.9 Å². The molecule has 1 aliphatic rings. The van der Waals surface area contributed by atoms with E-state index in [1.54, 1.807) is 0 Å². The summed E-state index contributed by atoms with van der Waals surface area (Å²) in [6.45, 7) is 1.98. The standard InChI is InChI=1S/C22H24O2/c1-16-8-5-6-11-18(16)22(24)20-13-7-12-19(20)21(23)15-14-17-9-3-2-4-10-17/h2-6,8-11,14-15,19-21,23H,7,12-13H2,1H3/b15-14+/t19-,20-,21+/m0/s1. The molecule has 0 amide bonds. The van der Waals surface area contributed by atoms with Crippen molar-refractivity contribution in [3.63, 3.8) is 0 Å². The molecule has 1 saturated carbocycles. The Kier molecular flexibility index (Phi) is 5.27. The molecule has 0 radical (unpaired) electrons. The van der Waals surface area contributed by atoms with E-state index < -0.39 is 6.10 Å². The van der Waals surface area contributed by atoms with E-state index in [2.05, 4.69) is 0 Å². The van der Waals surface area contributed by atoms with Crippen LogP contribution in [0, 0.1) is 18.8 Å². The Bertz CT molecular complexity index is 718. The number of rotatable bonds is 5. The van der Waals surface area contributed by atoms with Gasteiger partial charge in [-0.1, -0.05) is 73.2 Å². The lowest BCUT2D eigenvalue weighted by Gasteiger charge is -2.22. The summed E-state index contributed by atoms with van der Waals surface area (Å²) in [4.78, 5) is 12.9. The third-order valence-corrected chi connectivity index (χ3v) is 5.04. The lowest BCUT2D eigenvalue weighted by molar-refractivity contribution is 0.0777. The van der Waals surface area contributed by atoms with Crippen LogP contribution in [-0.2, 0) is 0 Å². The van der Waals surface area contributed by atoms with Crippen molar-refractivity contribution in [2.45, 2.75) is 32.3 Å². The van der Waals surface area contributed by atoms with Crippen LogP contribution in [0.25, 0.3) is 6.08 Å². The summed E-state index contributed by atoms with van der Waals surface area (Å²) in [5, 5.41) is 10.6. The number of Topliss-reactive ketones (excluding diaryl/α,β-unsaturated/α-hetero) is 1. The number of aryl methyl sites for hydroxylation is 1. The van der Waals surface area contributed by atoms with Crippen LogP contribution in [0.15, 0.2) is 60.7 Å². The Morgan fingerprint density at radius 2 is 1.79 bits per heavy atom. The van der Waals surface area contributed by atoms with Crippen LogP contribution in [0.5, 0.6) is 0 Å². The van der Waals surface area contributed by atoms with Gasteiger partial charge in [0.2, 0.25) is 0 Å². The quantitative estimate of drug-likeness (QED) is 0.813. The van der Waals surface area contributed by atoms with Gasteiger partial charge in [-0.05, 0) is 36.8 Å². The summed E-state index contributed by atoms with van der Waals surface area (Å²) >= 11 is 0. The first kappa shape index (κ1) is 16.7. The highest BCUT2D eigenvalue weighted by atomic mass is 16.3. The van der Waals surface area contributed by atoms with Crippen LogP contribution in [0.4, 0.5) is 0 Å². The fourth-order valence-corrected chi connectivity index (χ4v) is 3.69. The monoisotopic (exact) mass is 320 g/mol. The summed E-state index contributed by atoms with van der Waals surface area (Å²) in [6, 6.07) is 17.7. The number of hydrogen-bond acceptors (Lipinski definition) is 2. The lowest BCUT2D eigenvalue weighted by Crippen LogP contribution is -2.28. The van der Waals surface area contributed by atoms with E-state index in [1.807, 2.05) is 73.7 Å². The highest BCUT2D eigenvalue weighted by molar-refractivity contribution is 5.99. The van der Waals surface area contributed by atoms with Gasteiger partial charge in [0.1, 0.15) is 0 Å². The normalized spacial score (nSPS) is 21.9. The molecule has 1 aliphatic carbocycles. The minimum atomic E-state index is -0.578. The maximum absolute atomic E-state index is 12.9. The molecular weight excluding hydrogens is 296 g/mol. The molecule has 0 saturated heterocycles. The molecule has 0 spiro atoms. The Morgan fingerprint density at radius 3 is 2.54 bits per heavy atom. The van der Waals surface area contributed by atoms with Crippen molar-refractivity contribution in [2.24, 2.45) is 11.8 Å². The number of carbonyl (C=O) groups excluding carboxylic acids is 1. The first-order valence-electron chi connectivity index (χ1n) is 8.68. The Labute approximate surface area is 143 Å². The molecule has 0 heterocycles. The smallest absolute Gasteiger partial charge is 0.166 e. The van der Waals surface area contributed by atoms with E-state index >= 15 is 0 Å². The minimum Gasteiger partial charge on any atom is -0.389 e. The summed E-state index contributed by atoms with van der Waals surface area (Å²) in [5.41, 5.74) is 2.88. The van der Waals surface area contributed by atoms with Crippen molar-refractivity contribution in [1.82, 2.24) is 0 Å². The van der Waals surface area contributed by atoms with Gasteiger partial charge < -0.3 is 5.11 Å². The summed E-state index contributed by atoms with van der Waals surface area (Å²) < 4.78 is 0. The Hall–Kier alpha value is -2.19. The zero-order valence-electron chi connectivity index (χ0n) is 14.1. The predicted molar refractivity (Wildman–Crippen MR) is 97.8 cm³/mol. The molecule has 2 aromatic carbocycles. The number of ketones is 1. The second-order valence-corrected chi connectivity index (χ2v) is 6.64. The topological polar surface area (TPSA) is 37.3 Å². The first-order valence-corrected chi connectivity index (χ1v) is 8.68. The summed E-state index contributed by atoms with van der Waals surface area (Å²) in [7, 11) is 0. The van der Waals surface area contributed by atoms with Crippen molar-refractivity contribution in [2.75, 3.05) is 0 Å². The average molecular weight is 320 g/mol. The van der Waals surface area contributed by atoms with Gasteiger partial charge >= 0.3 is 0 Å². The van der Waals surface area contributed by atoms with Crippen molar-refractivity contribution in [1.29, 1.82) is 0 Å². The minimum absolute atomic E-state index is 0.0112. The van der Waals surface area contributed by atoms with Crippen LogP contribution in [-0.4, -0.2) is 17.0 Å². The van der Waals surface area contributed by atoms with Crippen LogP contribution in [0.2, 0.25) is 0 Å². The first-order chi connectivity index (χ1) is 11.7. The zero-order valence-corrected chi connectivity index (χ0v) is 14.1. The van der Waals surface area contributed by atoms with E-state index in [9.17, 15) is 9.90 Å². The SMILES string of the molecule is Cc1ccccc1C(=O)[C@H]1CCC[C@@H]1[C@H](O)/C=C/c1ccccc1. The van der Waals surface area contributed by atoms with E-state index in [4.69, 9.17) is 0 Å². The average Bonchev–Trinajstić information content (AvgIpc) is 3.10. The van der Waals surface area contributed by atoms with Crippen molar-refractivity contribution < 1.29 is 9.90 Å². The maximum Gasteiger partial charge on any atom is 0.166 e. The molecule has 0 bridgehead atoms. The molecule has 1 fully saturated rings. The lowest BCUT2D eigenvalue weighted by atomic mass is 9.83. The fraction of sp³-hybridized carbons (Fsp3) is 0.318. The number of carbonyl (C=O) groups is 1. The van der Waals surface area contributed by atoms with Crippen molar-refractivity contribution in [3.05, 3.63) is 77.4 Å². The molecule has 0 aromatic heterocycles. The maximum atomic E-state index is 12.9. The van der Waals surface area contributed by atoms with Crippen LogP contribution < -0.4 is 0 Å². The van der Waals surface area contributed by atoms with E-state index in [1.165, 1.54) is 0 Å². The highest BCUT2D eigenvalue weighted by Crippen LogP contribution is 2.37. The van der Waals surface area contributed by atoms with Crippen molar-refractivity contribution in [3.8, 4) is 0 Å². The predicted octanol–water partition coefficient (Wildman–Crippen LogP) is 4.67. The zero-order chi connectivity index (χ0) is 16.9. The van der Waals surface area contributed by atoms with E-state index in [0.29, 0.717) is 0 Å². The van der Waals surface area contributed by atoms with E-state index in [-0.39, 0.29) is 17.6 Å². The van der Waals surface area contributed by atoms with Crippen LogP contribution in [0.1, 0.15) is 40.7 Å². The van der Waals surface area contributed by atoms with Crippen LogP contribution >= 0.6 is 0 Å². The molecule has 3 atom stereocenters. The van der Waals surface area contributed by atoms with Crippen LogP contribution in [0.3, 0.4) is 0 Å². The third-order valence-electron chi connectivity index (χ3n) is 5.04. The van der Waals surface area contributed by atoms with Gasteiger partial charge in [0, 0.05) is 11.5 Å². The number of aliphatic hydroxyl groups excluding tert-OH is 1. The molecule has 3 rings (SSSR count). The highest BCUT2D eigenvalue weighted by Gasteiger charge is 2.37. The Balaban J connectivity index is 1.74. The van der Waals surface area contributed by atoms with Gasteiger partial charge in [0.05, 0.1) is 6.10 Å². The molecule has 0 aliphatic heterocycles. The Morgan fingerprint density at radius 1 is 1.08 bits per heavy atom. The molecule has 2 aromatic rings. The summed E-state index contributed by atoms with van der Waals surface area (Å²) in [5.74, 6) is 0.112. The number of benzene rings is 2. The second kappa shape index (κ2) is 7.59. The molecule has 2 heteroatoms. The van der Waals surface area contributed by atoms with Gasteiger partial charge in [-0.15, -0.1) is 0 Å². The fourth-order valence-electron chi connectivity index (χ4n) is 3.69. The van der Waals surface area contributed by atoms with Gasteiger partial charge in [0.15, 0.2) is 5.78 Å². The number of hydrogen-bond donors (Lipinski definition) is 1. The van der Waals surface area contributed by atoms with Gasteiger partial charge in [0.25, 0.3) is 0 Å². The molecule has 24 heavy (non-hydrogen) atoms. The molecule has 2 nitrogen and oxygen atoms in total. The van der Waals surface area contributed by atoms with Gasteiger partial charge in [-0.25, -0.2) is 0 Å². The van der Waals surface area contributed by atoms with Gasteiger partial charge in [-0.2, -0.15) is 0 Å². The molecular formula is C22H24O2. The second-order valence-electron chi connectivity index (χ2n) is 6.64.